The predicted molar refractivity (Wildman–Crippen MR) is 573 cm³/mol. The fourth-order valence-electron chi connectivity index (χ4n) is 14.1. The maximum absolute atomic E-state index is 11.6. The molecule has 0 rings (SSSR count). The van der Waals surface area contributed by atoms with Crippen molar-refractivity contribution in [2.24, 2.45) is 53.3 Å². The molecule has 9 atom stereocenters. The Bertz CT molecular complexity index is 2270. The molecule has 18 nitrogen and oxygen atoms in total. The summed E-state index contributed by atoms with van der Waals surface area (Å²) in [6.07, 6.45) is 83.3. The van der Waals surface area contributed by atoms with Crippen molar-refractivity contribution in [3.05, 3.63) is 109 Å². The maximum atomic E-state index is 11.6. The van der Waals surface area contributed by atoms with Gasteiger partial charge in [0.25, 0.3) is 0 Å². The molecule has 0 radical (unpaired) electrons. The summed E-state index contributed by atoms with van der Waals surface area (Å²) in [6, 6.07) is 0. The van der Waals surface area contributed by atoms with Crippen molar-refractivity contribution in [3.8, 4) is 0 Å². The van der Waals surface area contributed by atoms with Gasteiger partial charge in [-0.25, -0.2) is 0 Å². The van der Waals surface area contributed by atoms with Crippen molar-refractivity contribution in [1.82, 2.24) is 0 Å². The molecule has 0 aliphatic rings. The van der Waals surface area contributed by atoms with Gasteiger partial charge in [-0.05, 0) is 293 Å². The van der Waals surface area contributed by atoms with Crippen LogP contribution in [0.4, 0.5) is 0 Å². The van der Waals surface area contributed by atoms with Gasteiger partial charge in [-0.3, -0.25) is 43.2 Å². The molecule has 0 aliphatic carbocycles. The van der Waals surface area contributed by atoms with Crippen LogP contribution >= 0.6 is 0 Å². The zero-order valence-corrected chi connectivity index (χ0v) is 95.6. The van der Waals surface area contributed by atoms with Crippen LogP contribution in [0.5, 0.6) is 0 Å². The van der Waals surface area contributed by atoms with Gasteiger partial charge in [0, 0.05) is 0 Å². The van der Waals surface area contributed by atoms with Crippen LogP contribution in [0, 0.1) is 53.3 Å². The fourth-order valence-corrected chi connectivity index (χ4v) is 14.1. The third kappa shape index (κ3) is 108. The predicted octanol–water partition coefficient (Wildman–Crippen LogP) is 30.4. The number of hydrogen-bond acceptors (Lipinski definition) is 18. The summed E-state index contributed by atoms with van der Waals surface area (Å²) in [5.74, 6) is 0.631. The number of ether oxygens (including phenoxy) is 9. The third-order valence-corrected chi connectivity index (χ3v) is 21.1. The van der Waals surface area contributed by atoms with E-state index in [2.05, 4.69) is 234 Å². The molecule has 0 saturated carbocycles. The molecule has 136 heavy (non-hydrogen) atoms. The van der Waals surface area contributed by atoms with Crippen LogP contribution in [0.25, 0.3) is 0 Å². The Labute approximate surface area is 861 Å². The molecule has 0 aromatic heterocycles. The molecule has 0 aromatic carbocycles. The summed E-state index contributed by atoms with van der Waals surface area (Å²) in [5.41, 5.74) is 0. The fraction of sp³-hybridized carbons (Fsp3) is 0.769. The van der Waals surface area contributed by atoms with E-state index in [-0.39, 0.29) is 137 Å². The number of esters is 9. The minimum absolute atomic E-state index is 0. The first-order chi connectivity index (χ1) is 65.3. The Morgan fingerprint density at radius 2 is 0.221 bits per heavy atom. The molecule has 9 unspecified atom stereocenters. The van der Waals surface area contributed by atoms with Crippen molar-refractivity contribution in [2.75, 3.05) is 59.5 Å². The second-order valence-corrected chi connectivity index (χ2v) is 33.3. The first-order valence-electron chi connectivity index (χ1n) is 54.7. The molecule has 0 aliphatic heterocycles. The van der Waals surface area contributed by atoms with Gasteiger partial charge in [0.15, 0.2) is 0 Å². The van der Waals surface area contributed by atoms with Crippen LogP contribution in [-0.4, -0.2) is 113 Å². The van der Waals surface area contributed by atoms with Crippen molar-refractivity contribution < 1.29 is 115 Å². The largest absolute Gasteiger partial charge is 1.00 e. The van der Waals surface area contributed by atoms with E-state index in [4.69, 9.17) is 42.6 Å². The standard InChI is InChI=1S/9C13H24O2.Na/c9*1-4-7-8-9-11-12(10-5-2)13(14)15-6-3;/h9*7-8,12H,4-6,9-11H2,1-3H3;/q;;;;;;;;;+1/b9*8-7+;. The summed E-state index contributed by atoms with van der Waals surface area (Å²) in [5, 5.41) is 0. The summed E-state index contributed by atoms with van der Waals surface area (Å²) < 4.78 is 45.5. The molecule has 0 spiro atoms. The normalized spacial score (nSPS) is 12.9. The van der Waals surface area contributed by atoms with Gasteiger partial charge >= 0.3 is 83.3 Å². The average molecular weight is 1930 g/mol. The monoisotopic (exact) mass is 1930 g/mol. The van der Waals surface area contributed by atoms with Crippen LogP contribution in [0.15, 0.2) is 109 Å². The van der Waals surface area contributed by atoms with Crippen molar-refractivity contribution >= 4 is 53.7 Å². The Hall–Kier alpha value is -6.11. The van der Waals surface area contributed by atoms with Gasteiger partial charge in [-0.15, -0.1) is 0 Å². The molecular weight excluding hydrogens is 1720 g/mol. The number of carbonyl (C=O) groups excluding carboxylic acids is 9. The van der Waals surface area contributed by atoms with E-state index in [0.29, 0.717) is 59.5 Å². The number of allylic oxidation sites excluding steroid dienone is 18. The number of hydrogen-bond donors (Lipinski definition) is 0. The quantitative estimate of drug-likeness (QED) is 0.0238. The van der Waals surface area contributed by atoms with Crippen LogP contribution in [0.1, 0.15) is 476 Å². The SMILES string of the molecule is CC/C=C/CCC(CCC)C(=O)OCC.CC/C=C/CCC(CCC)C(=O)OCC.CC/C=C/CCC(CCC)C(=O)OCC.CC/C=C/CCC(CCC)C(=O)OCC.CC/C=C/CCC(CCC)C(=O)OCC.CC/C=C/CCC(CCC)C(=O)OCC.CC/C=C/CCC(CCC)C(=O)OCC.CC/C=C/CCC(CCC)C(=O)OCC.CC/C=C/CCC(CCC)C(=O)OCC.[Na+]. The third-order valence-electron chi connectivity index (χ3n) is 21.1. The Morgan fingerprint density at radius 3 is 0.279 bits per heavy atom. The summed E-state index contributed by atoms with van der Waals surface area (Å²) in [4.78, 5) is 104. The Morgan fingerprint density at radius 1 is 0.140 bits per heavy atom. The Balaban J connectivity index is -0.000000164. The molecule has 0 saturated heterocycles. The van der Waals surface area contributed by atoms with Gasteiger partial charge in [-0.1, -0.05) is 292 Å². The second kappa shape index (κ2) is 127. The van der Waals surface area contributed by atoms with Crippen LogP contribution < -0.4 is 29.6 Å². The van der Waals surface area contributed by atoms with E-state index >= 15 is 0 Å². The molecule has 0 fully saturated rings. The molecule has 0 heterocycles. The van der Waals surface area contributed by atoms with Crippen LogP contribution in [0.3, 0.4) is 0 Å². The van der Waals surface area contributed by atoms with Crippen molar-refractivity contribution in [3.63, 3.8) is 0 Å². The molecule has 0 bridgehead atoms. The minimum atomic E-state index is -0.0238. The number of carbonyl (C=O) groups is 9. The summed E-state index contributed by atoms with van der Waals surface area (Å²) in [7, 11) is 0. The van der Waals surface area contributed by atoms with E-state index < -0.39 is 0 Å². The molecule has 792 valence electrons. The Kier molecular flexibility index (Phi) is 140. The molecule has 0 amide bonds. The number of rotatable bonds is 72. The van der Waals surface area contributed by atoms with Crippen LogP contribution in [0.2, 0.25) is 0 Å². The van der Waals surface area contributed by atoms with E-state index in [1.54, 1.807) is 0 Å². The summed E-state index contributed by atoms with van der Waals surface area (Å²) in [6.45, 7) is 59.1. The molecule has 19 heteroatoms. The van der Waals surface area contributed by atoms with Gasteiger partial charge in [0.1, 0.15) is 0 Å². The van der Waals surface area contributed by atoms with E-state index in [0.717, 1.165) is 289 Å². The molecule has 0 aromatic rings. The van der Waals surface area contributed by atoms with Crippen molar-refractivity contribution in [2.45, 2.75) is 476 Å². The van der Waals surface area contributed by atoms with E-state index in [9.17, 15) is 43.2 Å². The van der Waals surface area contributed by atoms with Gasteiger partial charge < -0.3 is 42.6 Å². The van der Waals surface area contributed by atoms with Crippen LogP contribution in [-0.2, 0) is 85.8 Å². The molecule has 0 N–H and O–H groups in total. The average Bonchev–Trinajstić information content (AvgIpc) is 1.01. The zero-order chi connectivity index (χ0) is 104. The van der Waals surface area contributed by atoms with Gasteiger partial charge in [-0.2, -0.15) is 0 Å². The minimum Gasteiger partial charge on any atom is -0.466 e. The van der Waals surface area contributed by atoms with E-state index in [1.807, 2.05) is 62.3 Å². The second-order valence-electron chi connectivity index (χ2n) is 33.3. The van der Waals surface area contributed by atoms with Gasteiger partial charge in [0.05, 0.1) is 113 Å². The van der Waals surface area contributed by atoms with Crippen molar-refractivity contribution in [1.29, 1.82) is 0 Å². The first kappa shape index (κ1) is 150. The smallest absolute Gasteiger partial charge is 0.466 e. The maximum Gasteiger partial charge on any atom is 1.00 e. The van der Waals surface area contributed by atoms with Gasteiger partial charge in [0.2, 0.25) is 0 Å². The zero-order valence-electron chi connectivity index (χ0n) is 93.6. The summed E-state index contributed by atoms with van der Waals surface area (Å²) >= 11 is 0. The molecular formula is C117H216NaO18+. The van der Waals surface area contributed by atoms with E-state index in [1.165, 1.54) is 0 Å². The topological polar surface area (TPSA) is 237 Å². The first-order valence-corrected chi connectivity index (χ1v) is 54.7.